The van der Waals surface area contributed by atoms with Gasteiger partial charge in [-0.15, -0.1) is 0 Å². The molecule has 2 aromatic rings. The summed E-state index contributed by atoms with van der Waals surface area (Å²) < 4.78 is 5.83. The largest absolute Gasteiger partial charge is 0.371 e. The summed E-state index contributed by atoms with van der Waals surface area (Å²) in [6, 6.07) is 17.8. The molecule has 2 unspecified atom stereocenters. The van der Waals surface area contributed by atoms with Gasteiger partial charge < -0.3 is 4.74 Å². The van der Waals surface area contributed by atoms with E-state index in [-0.39, 0.29) is 6.10 Å². The highest BCUT2D eigenvalue weighted by Crippen LogP contribution is 2.31. The molecule has 4 rings (SSSR count). The smallest absolute Gasteiger partial charge is 0.0737 e. The number of ether oxygens (including phenoxy) is 1. The van der Waals surface area contributed by atoms with Crippen molar-refractivity contribution in [1.29, 1.82) is 0 Å². The van der Waals surface area contributed by atoms with Gasteiger partial charge in [0, 0.05) is 19.6 Å². The van der Waals surface area contributed by atoms with Gasteiger partial charge >= 0.3 is 0 Å². The van der Waals surface area contributed by atoms with Crippen LogP contribution in [0.2, 0.25) is 0 Å². The highest BCUT2D eigenvalue weighted by molar-refractivity contribution is 5.68. The first-order valence-corrected chi connectivity index (χ1v) is 8.92. The molecule has 0 amide bonds. The van der Waals surface area contributed by atoms with E-state index >= 15 is 0 Å². The first kappa shape index (κ1) is 15.6. The van der Waals surface area contributed by atoms with Crippen molar-refractivity contribution in [1.82, 2.24) is 4.90 Å². The SMILES string of the molecule is CC1C=C(c2ccc3c(c2)CN(Cc2ccccc2)C3)CC(C)O1. The van der Waals surface area contributed by atoms with Crippen molar-refractivity contribution >= 4 is 5.57 Å². The second-order valence-electron chi connectivity index (χ2n) is 7.16. The van der Waals surface area contributed by atoms with E-state index in [0.29, 0.717) is 6.10 Å². The standard InChI is InChI=1S/C22H25NO/c1-16-10-21(11-17(2)24-16)19-8-9-20-14-23(15-22(20)12-19)13-18-6-4-3-5-7-18/h3-10,12,16-17H,11,13-15H2,1-2H3. The van der Waals surface area contributed by atoms with Gasteiger partial charge in [0.05, 0.1) is 12.2 Å². The van der Waals surface area contributed by atoms with Crippen molar-refractivity contribution in [3.63, 3.8) is 0 Å². The van der Waals surface area contributed by atoms with Gasteiger partial charge in [0.2, 0.25) is 0 Å². The molecule has 2 aromatic carbocycles. The van der Waals surface area contributed by atoms with Crippen LogP contribution >= 0.6 is 0 Å². The molecule has 24 heavy (non-hydrogen) atoms. The third kappa shape index (κ3) is 3.31. The van der Waals surface area contributed by atoms with Gasteiger partial charge in [-0.05, 0) is 54.2 Å². The highest BCUT2D eigenvalue weighted by atomic mass is 16.5. The Morgan fingerprint density at radius 2 is 1.79 bits per heavy atom. The van der Waals surface area contributed by atoms with Gasteiger partial charge in [-0.3, -0.25) is 4.90 Å². The summed E-state index contributed by atoms with van der Waals surface area (Å²) in [6.07, 6.45) is 3.81. The predicted octanol–water partition coefficient (Wildman–Crippen LogP) is 4.78. The zero-order valence-corrected chi connectivity index (χ0v) is 14.5. The van der Waals surface area contributed by atoms with Gasteiger partial charge in [0.25, 0.3) is 0 Å². The Kier molecular flexibility index (Phi) is 4.26. The molecule has 2 atom stereocenters. The number of benzene rings is 2. The molecule has 0 saturated heterocycles. The number of rotatable bonds is 3. The van der Waals surface area contributed by atoms with Crippen LogP contribution < -0.4 is 0 Å². The Balaban J connectivity index is 1.51. The van der Waals surface area contributed by atoms with Crippen LogP contribution in [0.5, 0.6) is 0 Å². The fourth-order valence-corrected chi connectivity index (χ4v) is 3.95. The minimum absolute atomic E-state index is 0.214. The normalized spacial score (nSPS) is 23.8. The van der Waals surface area contributed by atoms with Gasteiger partial charge in [-0.2, -0.15) is 0 Å². The summed E-state index contributed by atoms with van der Waals surface area (Å²) in [7, 11) is 0. The van der Waals surface area contributed by atoms with Crippen LogP contribution in [0.1, 0.15) is 42.5 Å². The monoisotopic (exact) mass is 319 g/mol. The molecular formula is C22H25NO. The molecule has 124 valence electrons. The molecule has 0 aliphatic carbocycles. The predicted molar refractivity (Wildman–Crippen MR) is 98.4 cm³/mol. The Hall–Kier alpha value is -1.90. The van der Waals surface area contributed by atoms with Crippen LogP contribution in [0.3, 0.4) is 0 Å². The number of hydrogen-bond acceptors (Lipinski definition) is 2. The summed E-state index contributed by atoms with van der Waals surface area (Å²) >= 11 is 0. The van der Waals surface area contributed by atoms with E-state index in [1.165, 1.54) is 27.8 Å². The molecule has 0 radical (unpaired) electrons. The van der Waals surface area contributed by atoms with Gasteiger partial charge in [-0.1, -0.05) is 48.5 Å². The Morgan fingerprint density at radius 3 is 2.58 bits per heavy atom. The summed E-state index contributed by atoms with van der Waals surface area (Å²) in [6.45, 7) is 7.42. The topological polar surface area (TPSA) is 12.5 Å². The van der Waals surface area contributed by atoms with Crippen molar-refractivity contribution in [3.05, 3.63) is 76.9 Å². The molecule has 0 N–H and O–H groups in total. The fourth-order valence-electron chi connectivity index (χ4n) is 3.95. The molecule has 2 heteroatoms. The third-order valence-corrected chi connectivity index (χ3v) is 5.00. The van der Waals surface area contributed by atoms with Crippen LogP contribution in [0.15, 0.2) is 54.6 Å². The highest BCUT2D eigenvalue weighted by Gasteiger charge is 2.22. The molecule has 2 heterocycles. The van der Waals surface area contributed by atoms with Crippen LogP contribution in [0, 0.1) is 0 Å². The van der Waals surface area contributed by atoms with E-state index < -0.39 is 0 Å². The lowest BCUT2D eigenvalue weighted by atomic mass is 9.94. The molecule has 2 aliphatic rings. The average Bonchev–Trinajstić information content (AvgIpc) is 2.96. The first-order valence-electron chi connectivity index (χ1n) is 8.92. The lowest BCUT2D eigenvalue weighted by Gasteiger charge is -2.25. The van der Waals surface area contributed by atoms with Gasteiger partial charge in [-0.25, -0.2) is 0 Å². The Labute approximate surface area is 144 Å². The van der Waals surface area contributed by atoms with Crippen LogP contribution in [-0.2, 0) is 24.4 Å². The second kappa shape index (κ2) is 6.54. The van der Waals surface area contributed by atoms with Crippen molar-refractivity contribution in [2.45, 2.75) is 52.1 Å². The molecular weight excluding hydrogens is 294 g/mol. The maximum absolute atomic E-state index is 5.83. The van der Waals surface area contributed by atoms with Crippen molar-refractivity contribution in [2.24, 2.45) is 0 Å². The quantitative estimate of drug-likeness (QED) is 0.807. The minimum Gasteiger partial charge on any atom is -0.371 e. The number of hydrogen-bond donors (Lipinski definition) is 0. The summed E-state index contributed by atoms with van der Waals surface area (Å²) in [5, 5.41) is 0. The summed E-state index contributed by atoms with van der Waals surface area (Å²) in [5.41, 5.74) is 7.16. The number of nitrogens with zero attached hydrogens (tertiary/aromatic N) is 1. The Bertz CT molecular complexity index is 750. The fraction of sp³-hybridized carbons (Fsp3) is 0.364. The van der Waals surface area contributed by atoms with E-state index in [0.717, 1.165) is 26.1 Å². The van der Waals surface area contributed by atoms with Crippen LogP contribution in [-0.4, -0.2) is 17.1 Å². The van der Waals surface area contributed by atoms with E-state index in [1.54, 1.807) is 0 Å². The van der Waals surface area contributed by atoms with Gasteiger partial charge in [0.1, 0.15) is 0 Å². The molecule has 2 nitrogen and oxygen atoms in total. The van der Waals surface area contributed by atoms with Crippen molar-refractivity contribution in [2.75, 3.05) is 0 Å². The Morgan fingerprint density at radius 1 is 1.00 bits per heavy atom. The van der Waals surface area contributed by atoms with Crippen molar-refractivity contribution < 1.29 is 4.74 Å². The molecule has 0 spiro atoms. The van der Waals surface area contributed by atoms with Crippen molar-refractivity contribution in [3.8, 4) is 0 Å². The second-order valence-corrected chi connectivity index (χ2v) is 7.16. The maximum atomic E-state index is 5.83. The molecule has 0 aromatic heterocycles. The number of fused-ring (bicyclic) bond motifs is 1. The molecule has 0 fully saturated rings. The first-order chi connectivity index (χ1) is 11.7. The average molecular weight is 319 g/mol. The molecule has 0 saturated carbocycles. The van der Waals surface area contributed by atoms with E-state index in [2.05, 4.69) is 73.4 Å². The summed E-state index contributed by atoms with van der Waals surface area (Å²) in [4.78, 5) is 2.52. The van der Waals surface area contributed by atoms with E-state index in [1.807, 2.05) is 0 Å². The lowest BCUT2D eigenvalue weighted by Crippen LogP contribution is -2.21. The van der Waals surface area contributed by atoms with Crippen LogP contribution in [0.4, 0.5) is 0 Å². The van der Waals surface area contributed by atoms with E-state index in [9.17, 15) is 0 Å². The van der Waals surface area contributed by atoms with E-state index in [4.69, 9.17) is 4.74 Å². The van der Waals surface area contributed by atoms with Crippen LogP contribution in [0.25, 0.3) is 5.57 Å². The zero-order chi connectivity index (χ0) is 16.5. The lowest BCUT2D eigenvalue weighted by molar-refractivity contribution is 0.0304. The zero-order valence-electron chi connectivity index (χ0n) is 14.5. The molecule has 2 aliphatic heterocycles. The third-order valence-electron chi connectivity index (χ3n) is 5.00. The maximum Gasteiger partial charge on any atom is 0.0737 e. The minimum atomic E-state index is 0.214. The molecule has 0 bridgehead atoms. The summed E-state index contributed by atoms with van der Waals surface area (Å²) in [5.74, 6) is 0. The van der Waals surface area contributed by atoms with Gasteiger partial charge in [0.15, 0.2) is 0 Å².